The summed E-state index contributed by atoms with van der Waals surface area (Å²) in [5.41, 5.74) is 4.93. The van der Waals surface area contributed by atoms with Gasteiger partial charge < -0.3 is 19.6 Å². The summed E-state index contributed by atoms with van der Waals surface area (Å²) >= 11 is 6.53. The lowest BCUT2D eigenvalue weighted by molar-refractivity contribution is 0.302. The summed E-state index contributed by atoms with van der Waals surface area (Å²) in [7, 11) is 0. The number of ether oxygens (including phenoxy) is 1. The summed E-state index contributed by atoms with van der Waals surface area (Å²) in [6.45, 7) is 2.91. The monoisotopic (exact) mass is 562 g/mol. The van der Waals surface area contributed by atoms with Gasteiger partial charge in [0.15, 0.2) is 0 Å². The van der Waals surface area contributed by atoms with Crippen LogP contribution in [0.15, 0.2) is 109 Å². The van der Waals surface area contributed by atoms with Crippen LogP contribution in [0.1, 0.15) is 29.8 Å². The molecule has 8 nitrogen and oxygen atoms in total. The Labute approximate surface area is 241 Å². The molecule has 9 heteroatoms. The molecule has 0 saturated carbocycles. The van der Waals surface area contributed by atoms with E-state index in [9.17, 15) is 4.79 Å². The van der Waals surface area contributed by atoms with E-state index in [-0.39, 0.29) is 18.2 Å². The number of hydrogen-bond acceptors (Lipinski definition) is 6. The van der Waals surface area contributed by atoms with Crippen molar-refractivity contribution >= 4 is 28.3 Å². The van der Waals surface area contributed by atoms with Gasteiger partial charge in [0, 0.05) is 41.5 Å². The van der Waals surface area contributed by atoms with E-state index in [0.29, 0.717) is 34.2 Å². The number of aromatic amines is 1. The molecule has 0 aliphatic carbocycles. The van der Waals surface area contributed by atoms with Gasteiger partial charge in [-0.15, -0.1) is 0 Å². The molecule has 0 bridgehead atoms. The molecule has 0 aliphatic heterocycles. The number of pyridine rings is 3. The lowest BCUT2D eigenvalue weighted by atomic mass is 10.1. The van der Waals surface area contributed by atoms with Crippen LogP contribution in [-0.4, -0.2) is 24.5 Å². The molecule has 0 radical (unpaired) electrons. The summed E-state index contributed by atoms with van der Waals surface area (Å²) in [6, 6.07) is 24.8. The average molecular weight is 563 g/mol. The van der Waals surface area contributed by atoms with Crippen LogP contribution in [0.3, 0.4) is 0 Å². The van der Waals surface area contributed by atoms with Crippen LogP contribution in [0.25, 0.3) is 22.2 Å². The van der Waals surface area contributed by atoms with E-state index in [0.717, 1.165) is 22.3 Å². The number of rotatable bonds is 9. The van der Waals surface area contributed by atoms with Crippen molar-refractivity contribution in [1.82, 2.24) is 24.5 Å². The third-order valence-electron chi connectivity index (χ3n) is 6.82. The van der Waals surface area contributed by atoms with Crippen molar-refractivity contribution in [2.75, 3.05) is 5.32 Å². The first-order valence-corrected chi connectivity index (χ1v) is 13.6. The third kappa shape index (κ3) is 5.97. The average Bonchev–Trinajstić information content (AvgIpc) is 3.45. The highest BCUT2D eigenvalue weighted by Crippen LogP contribution is 2.31. The zero-order valence-corrected chi connectivity index (χ0v) is 23.0. The Morgan fingerprint density at radius 2 is 1.85 bits per heavy atom. The molecule has 0 fully saturated rings. The van der Waals surface area contributed by atoms with Gasteiger partial charge in [-0.3, -0.25) is 9.78 Å². The largest absolute Gasteiger partial charge is 0.486 e. The van der Waals surface area contributed by atoms with E-state index in [4.69, 9.17) is 16.3 Å². The lowest BCUT2D eigenvalue weighted by Gasteiger charge is -2.16. The van der Waals surface area contributed by atoms with Crippen LogP contribution in [0.5, 0.6) is 5.75 Å². The van der Waals surface area contributed by atoms with Crippen LogP contribution < -0.4 is 15.6 Å². The number of fused-ring (bicyclic) bond motifs is 1. The van der Waals surface area contributed by atoms with Gasteiger partial charge in [-0.1, -0.05) is 48.0 Å². The molecule has 1 atom stereocenters. The number of nitrogens with one attached hydrogen (secondary N) is 2. The van der Waals surface area contributed by atoms with E-state index in [1.165, 1.54) is 5.56 Å². The maximum absolute atomic E-state index is 13.1. The quantitative estimate of drug-likeness (QED) is 0.205. The Hall–Kier alpha value is -4.95. The molecule has 2 aromatic carbocycles. The number of H-pyrrole nitrogens is 1. The molecule has 2 N–H and O–H groups in total. The molecule has 41 heavy (non-hydrogen) atoms. The van der Waals surface area contributed by atoms with Crippen LogP contribution >= 0.6 is 11.6 Å². The molecule has 6 rings (SSSR count). The molecule has 0 saturated heterocycles. The van der Waals surface area contributed by atoms with E-state index in [1.54, 1.807) is 24.5 Å². The summed E-state index contributed by atoms with van der Waals surface area (Å²) in [6.07, 6.45) is 7.13. The Morgan fingerprint density at radius 1 is 1.00 bits per heavy atom. The molecule has 4 aromatic heterocycles. The second-order valence-electron chi connectivity index (χ2n) is 9.72. The van der Waals surface area contributed by atoms with Crippen LogP contribution in [-0.2, 0) is 13.2 Å². The van der Waals surface area contributed by atoms with Crippen LogP contribution in [0.4, 0.5) is 5.82 Å². The molecular weight excluding hydrogens is 536 g/mol. The Balaban J connectivity index is 1.21. The second kappa shape index (κ2) is 11.7. The van der Waals surface area contributed by atoms with Crippen molar-refractivity contribution in [2.24, 2.45) is 0 Å². The first-order valence-electron chi connectivity index (χ1n) is 13.2. The van der Waals surface area contributed by atoms with Gasteiger partial charge in [0.2, 0.25) is 0 Å². The minimum absolute atomic E-state index is 0.201. The Bertz CT molecular complexity index is 1850. The molecular formula is C32H27ClN6O2. The fourth-order valence-corrected chi connectivity index (χ4v) is 4.95. The summed E-state index contributed by atoms with van der Waals surface area (Å²) < 4.78 is 7.97. The van der Waals surface area contributed by atoms with Gasteiger partial charge in [0.05, 0.1) is 40.5 Å². The van der Waals surface area contributed by atoms with Crippen LogP contribution in [0.2, 0.25) is 5.02 Å². The third-order valence-corrected chi connectivity index (χ3v) is 7.12. The van der Waals surface area contributed by atoms with Crippen molar-refractivity contribution in [3.8, 4) is 17.0 Å². The number of anilines is 1. The lowest BCUT2D eigenvalue weighted by Crippen LogP contribution is -2.19. The SMILES string of the molecule is CC(Nc1cc(-c2cncn2Cc2ccccc2)ccn1)c1cc2cc(Cl)c(OCc3ccccn3)cc2[nH]c1=O. The number of halogens is 1. The molecule has 0 aliphatic rings. The van der Waals surface area contributed by atoms with E-state index in [1.807, 2.05) is 74.0 Å². The van der Waals surface area contributed by atoms with Crippen molar-refractivity contribution in [3.05, 3.63) is 136 Å². The number of nitrogens with zero attached hydrogens (tertiary/aromatic N) is 4. The number of benzene rings is 2. The maximum Gasteiger partial charge on any atom is 0.253 e. The van der Waals surface area contributed by atoms with Gasteiger partial charge in [0.1, 0.15) is 18.2 Å². The fourth-order valence-electron chi connectivity index (χ4n) is 4.73. The predicted molar refractivity (Wildman–Crippen MR) is 161 cm³/mol. The van der Waals surface area contributed by atoms with E-state index in [2.05, 4.69) is 42.0 Å². The van der Waals surface area contributed by atoms with Crippen molar-refractivity contribution in [1.29, 1.82) is 0 Å². The molecule has 0 amide bonds. The normalized spacial score (nSPS) is 11.9. The number of hydrogen-bond donors (Lipinski definition) is 2. The van der Waals surface area contributed by atoms with Gasteiger partial charge in [-0.2, -0.15) is 0 Å². The highest BCUT2D eigenvalue weighted by atomic mass is 35.5. The number of imidazole rings is 1. The summed E-state index contributed by atoms with van der Waals surface area (Å²) in [5.74, 6) is 1.13. The zero-order chi connectivity index (χ0) is 28.2. The maximum atomic E-state index is 13.1. The predicted octanol–water partition coefficient (Wildman–Crippen LogP) is 6.64. The standard InChI is InChI=1S/C32H27ClN6O2/c1-21(37-31-15-23(10-12-36-31)29-17-34-20-39(29)18-22-7-3-2-4-8-22)26-13-24-14-27(33)30(16-28(24)38-32(26)40)41-19-25-9-5-6-11-35-25/h2-17,20-21H,18-19H2,1H3,(H,36,37)(H,38,40). The van der Waals surface area contributed by atoms with Gasteiger partial charge in [-0.05, 0) is 48.9 Å². The Kier molecular flexibility index (Phi) is 7.47. The minimum atomic E-state index is -0.320. The molecule has 1 unspecified atom stereocenters. The van der Waals surface area contributed by atoms with E-state index >= 15 is 0 Å². The summed E-state index contributed by atoms with van der Waals surface area (Å²) in [5, 5.41) is 4.63. The van der Waals surface area contributed by atoms with Crippen molar-refractivity contribution in [3.63, 3.8) is 0 Å². The second-order valence-corrected chi connectivity index (χ2v) is 10.1. The smallest absolute Gasteiger partial charge is 0.253 e. The molecule has 4 heterocycles. The fraction of sp³-hybridized carbons (Fsp3) is 0.125. The van der Waals surface area contributed by atoms with Crippen LogP contribution in [0, 0.1) is 0 Å². The minimum Gasteiger partial charge on any atom is -0.486 e. The van der Waals surface area contributed by atoms with Gasteiger partial charge in [-0.25, -0.2) is 9.97 Å². The van der Waals surface area contributed by atoms with Crippen molar-refractivity contribution in [2.45, 2.75) is 26.1 Å². The highest BCUT2D eigenvalue weighted by molar-refractivity contribution is 6.32. The van der Waals surface area contributed by atoms with Crippen molar-refractivity contribution < 1.29 is 4.74 Å². The molecule has 204 valence electrons. The summed E-state index contributed by atoms with van der Waals surface area (Å²) in [4.78, 5) is 29.2. The molecule has 6 aromatic rings. The topological polar surface area (TPSA) is 97.7 Å². The Morgan fingerprint density at radius 3 is 2.68 bits per heavy atom. The zero-order valence-electron chi connectivity index (χ0n) is 22.3. The molecule has 0 spiro atoms. The first-order chi connectivity index (χ1) is 20.0. The van der Waals surface area contributed by atoms with Gasteiger partial charge >= 0.3 is 0 Å². The highest BCUT2D eigenvalue weighted by Gasteiger charge is 2.15. The van der Waals surface area contributed by atoms with E-state index < -0.39 is 0 Å². The first kappa shape index (κ1) is 26.3. The number of aromatic nitrogens is 5. The van der Waals surface area contributed by atoms with Gasteiger partial charge in [0.25, 0.3) is 5.56 Å².